The predicted molar refractivity (Wildman–Crippen MR) is 126 cm³/mol. The highest BCUT2D eigenvalue weighted by Crippen LogP contribution is 2.32. The summed E-state index contributed by atoms with van der Waals surface area (Å²) in [5, 5.41) is 3.41. The van der Waals surface area contributed by atoms with Gasteiger partial charge in [0.25, 0.3) is 0 Å². The highest BCUT2D eigenvalue weighted by molar-refractivity contribution is 5.80. The summed E-state index contributed by atoms with van der Waals surface area (Å²) in [6, 6.07) is 7.33. The van der Waals surface area contributed by atoms with Gasteiger partial charge in [0.1, 0.15) is 0 Å². The van der Waals surface area contributed by atoms with E-state index in [1.165, 1.54) is 22.3 Å². The lowest BCUT2D eigenvalue weighted by Crippen LogP contribution is -2.43. The summed E-state index contributed by atoms with van der Waals surface area (Å²) in [7, 11) is 1.76. The lowest BCUT2D eigenvalue weighted by atomic mass is 9.91. The third-order valence-corrected chi connectivity index (χ3v) is 6.62. The molecular formula is C26H37N3O2. The molecule has 2 atom stereocenters. The van der Waals surface area contributed by atoms with Gasteiger partial charge in [0.05, 0.1) is 5.92 Å². The smallest absolute Gasteiger partial charge is 0.227 e. The number of carbonyl (C=O) groups excluding carboxylic acids is 1. The van der Waals surface area contributed by atoms with Crippen LogP contribution in [0.15, 0.2) is 29.4 Å². The molecule has 168 valence electrons. The van der Waals surface area contributed by atoms with Gasteiger partial charge in [-0.2, -0.15) is 0 Å². The van der Waals surface area contributed by atoms with Crippen LogP contribution < -0.4 is 5.32 Å². The Morgan fingerprint density at radius 2 is 2.06 bits per heavy atom. The zero-order valence-electron chi connectivity index (χ0n) is 19.1. The van der Waals surface area contributed by atoms with E-state index in [-0.39, 0.29) is 5.92 Å². The minimum atomic E-state index is 0.134. The third-order valence-electron chi connectivity index (χ3n) is 6.62. The lowest BCUT2D eigenvalue weighted by Gasteiger charge is -2.30. The first-order valence-electron chi connectivity index (χ1n) is 12.0. The predicted octanol–water partition coefficient (Wildman–Crippen LogP) is 4.21. The molecule has 2 heterocycles. The van der Waals surface area contributed by atoms with Gasteiger partial charge < -0.3 is 15.0 Å². The number of ether oxygens (including phenoxy) is 1. The number of rotatable bonds is 9. The molecule has 1 N–H and O–H groups in total. The van der Waals surface area contributed by atoms with Crippen molar-refractivity contribution in [2.45, 2.75) is 64.5 Å². The minimum Gasteiger partial charge on any atom is -0.385 e. The number of hydrogen-bond donors (Lipinski definition) is 1. The Balaban J connectivity index is 1.56. The highest BCUT2D eigenvalue weighted by atomic mass is 16.5. The van der Waals surface area contributed by atoms with Gasteiger partial charge in [-0.25, -0.2) is 0 Å². The standard InChI is InChI=1S/C26H37N3O2/c1-19-11-24(17-28-15-19)23-13-20(5-4-10-31-2)12-21(14-23)18-29(25-7-8-25)26(30)22-6-3-9-27-16-22/h12-15,17,19,22,25,27H,3-11,16,18H2,1-2H3/t19-,22-/m1/s1. The Labute approximate surface area is 187 Å². The average molecular weight is 424 g/mol. The van der Waals surface area contributed by atoms with Crippen molar-refractivity contribution in [1.29, 1.82) is 0 Å². The Kier molecular flexibility index (Phi) is 7.57. The van der Waals surface area contributed by atoms with Crippen LogP contribution in [-0.4, -0.2) is 49.9 Å². The number of piperidine rings is 1. The minimum absolute atomic E-state index is 0.134. The third kappa shape index (κ3) is 6.05. The Bertz CT molecular complexity index is 822. The summed E-state index contributed by atoms with van der Waals surface area (Å²) in [5.74, 6) is 0.940. The van der Waals surface area contributed by atoms with Crippen LogP contribution in [-0.2, 0) is 22.5 Å². The molecule has 1 aliphatic carbocycles. The molecule has 0 bridgehead atoms. The fourth-order valence-corrected chi connectivity index (χ4v) is 4.80. The van der Waals surface area contributed by atoms with E-state index >= 15 is 0 Å². The van der Waals surface area contributed by atoms with Crippen molar-refractivity contribution in [3.05, 3.63) is 41.1 Å². The summed E-state index contributed by atoms with van der Waals surface area (Å²) < 4.78 is 5.27. The molecule has 5 heteroatoms. The number of hydrogen-bond acceptors (Lipinski definition) is 4. The molecule has 4 rings (SSSR count). The molecular weight excluding hydrogens is 386 g/mol. The molecule has 31 heavy (non-hydrogen) atoms. The second-order valence-electron chi connectivity index (χ2n) is 9.51. The molecule has 1 saturated carbocycles. The molecule has 5 nitrogen and oxygen atoms in total. The topological polar surface area (TPSA) is 53.9 Å². The first kappa shape index (κ1) is 22.2. The summed E-state index contributed by atoms with van der Waals surface area (Å²) in [4.78, 5) is 20.0. The quantitative estimate of drug-likeness (QED) is 0.606. The summed E-state index contributed by atoms with van der Waals surface area (Å²) in [5.41, 5.74) is 5.13. The zero-order chi connectivity index (χ0) is 21.6. The molecule has 0 unspecified atom stereocenters. The van der Waals surface area contributed by atoms with Crippen molar-refractivity contribution < 1.29 is 9.53 Å². The molecule has 0 radical (unpaired) electrons. The van der Waals surface area contributed by atoms with Crippen molar-refractivity contribution in [3.8, 4) is 0 Å². The Morgan fingerprint density at radius 1 is 1.23 bits per heavy atom. The van der Waals surface area contributed by atoms with E-state index in [0.717, 1.165) is 71.2 Å². The Morgan fingerprint density at radius 3 is 2.77 bits per heavy atom. The van der Waals surface area contributed by atoms with E-state index in [1.807, 2.05) is 12.4 Å². The molecule has 1 aromatic carbocycles. The van der Waals surface area contributed by atoms with Crippen molar-refractivity contribution in [2.24, 2.45) is 16.8 Å². The molecule has 2 fully saturated rings. The van der Waals surface area contributed by atoms with E-state index < -0.39 is 0 Å². The van der Waals surface area contributed by atoms with Gasteiger partial charge in [0.2, 0.25) is 5.91 Å². The molecule has 0 aromatic heterocycles. The largest absolute Gasteiger partial charge is 0.385 e. The Hall–Kier alpha value is -1.98. The van der Waals surface area contributed by atoms with Crippen molar-refractivity contribution >= 4 is 17.7 Å². The maximum absolute atomic E-state index is 13.3. The normalized spacial score (nSPS) is 23.5. The van der Waals surface area contributed by atoms with E-state index in [9.17, 15) is 4.79 Å². The van der Waals surface area contributed by atoms with Gasteiger partial charge in [0.15, 0.2) is 0 Å². The van der Waals surface area contributed by atoms with Gasteiger partial charge in [-0.15, -0.1) is 0 Å². The van der Waals surface area contributed by atoms with Crippen LogP contribution in [0, 0.1) is 11.8 Å². The number of benzene rings is 1. The number of carbonyl (C=O) groups is 1. The maximum Gasteiger partial charge on any atom is 0.227 e. The molecule has 1 saturated heterocycles. The molecule has 2 aliphatic heterocycles. The monoisotopic (exact) mass is 423 g/mol. The molecule has 0 spiro atoms. The maximum atomic E-state index is 13.3. The first-order valence-corrected chi connectivity index (χ1v) is 12.0. The van der Waals surface area contributed by atoms with E-state index in [1.54, 1.807) is 7.11 Å². The fourth-order valence-electron chi connectivity index (χ4n) is 4.80. The second-order valence-corrected chi connectivity index (χ2v) is 9.51. The number of nitrogens with zero attached hydrogens (tertiary/aromatic N) is 2. The number of amides is 1. The van der Waals surface area contributed by atoms with Crippen LogP contribution in [0.25, 0.3) is 5.57 Å². The SMILES string of the molecule is COCCCc1cc(CN(C(=O)[C@@H]2CCCNC2)C2CC2)cc(C2=CN=C[C@H](C)C2)c1. The van der Waals surface area contributed by atoms with Crippen LogP contribution >= 0.6 is 0 Å². The van der Waals surface area contributed by atoms with Gasteiger partial charge in [-0.05, 0) is 85.7 Å². The van der Waals surface area contributed by atoms with Gasteiger partial charge in [-0.3, -0.25) is 9.79 Å². The van der Waals surface area contributed by atoms with Crippen LogP contribution in [0.1, 0.15) is 62.1 Å². The zero-order valence-corrected chi connectivity index (χ0v) is 19.1. The number of aryl methyl sites for hydroxylation is 1. The number of allylic oxidation sites excluding steroid dienone is 1. The first-order chi connectivity index (χ1) is 15.1. The summed E-state index contributed by atoms with van der Waals surface area (Å²) in [6.45, 7) is 5.57. The van der Waals surface area contributed by atoms with E-state index in [4.69, 9.17) is 4.74 Å². The number of methoxy groups -OCH3 is 1. The van der Waals surface area contributed by atoms with Gasteiger partial charge in [-0.1, -0.05) is 19.1 Å². The van der Waals surface area contributed by atoms with E-state index in [2.05, 4.69) is 40.3 Å². The van der Waals surface area contributed by atoms with Crippen LogP contribution in [0.3, 0.4) is 0 Å². The average Bonchev–Trinajstić information content (AvgIpc) is 3.63. The van der Waals surface area contributed by atoms with Crippen molar-refractivity contribution in [1.82, 2.24) is 10.2 Å². The fraction of sp³-hybridized carbons (Fsp3) is 0.615. The second kappa shape index (κ2) is 10.6. The number of aliphatic imine (C=N–C) groups is 1. The summed E-state index contributed by atoms with van der Waals surface area (Å²) >= 11 is 0. The molecule has 1 amide bonds. The van der Waals surface area contributed by atoms with Crippen molar-refractivity contribution in [2.75, 3.05) is 26.8 Å². The molecule has 1 aromatic rings. The van der Waals surface area contributed by atoms with E-state index in [0.29, 0.717) is 17.9 Å². The van der Waals surface area contributed by atoms with Crippen LogP contribution in [0.5, 0.6) is 0 Å². The van der Waals surface area contributed by atoms with Gasteiger partial charge >= 0.3 is 0 Å². The van der Waals surface area contributed by atoms with Crippen LogP contribution in [0.4, 0.5) is 0 Å². The molecule has 3 aliphatic rings. The lowest BCUT2D eigenvalue weighted by molar-refractivity contribution is -0.137. The highest BCUT2D eigenvalue weighted by Gasteiger charge is 2.36. The summed E-state index contributed by atoms with van der Waals surface area (Å²) in [6.07, 6.45) is 11.4. The van der Waals surface area contributed by atoms with Crippen LogP contribution in [0.2, 0.25) is 0 Å². The number of nitrogens with one attached hydrogen (secondary N) is 1. The van der Waals surface area contributed by atoms with Crippen molar-refractivity contribution in [3.63, 3.8) is 0 Å². The van der Waals surface area contributed by atoms with Gasteiger partial charge in [0, 0.05) is 45.3 Å².